The van der Waals surface area contributed by atoms with E-state index >= 15 is 0 Å². The summed E-state index contributed by atoms with van der Waals surface area (Å²) in [6, 6.07) is 7.19. The predicted molar refractivity (Wildman–Crippen MR) is 86.8 cm³/mol. The van der Waals surface area contributed by atoms with E-state index in [1.165, 1.54) is 0 Å². The summed E-state index contributed by atoms with van der Waals surface area (Å²) in [5.41, 5.74) is 7.23. The second-order valence-electron chi connectivity index (χ2n) is 5.78. The van der Waals surface area contributed by atoms with Gasteiger partial charge in [0.15, 0.2) is 0 Å². The second-order valence-corrected chi connectivity index (χ2v) is 7.61. The first kappa shape index (κ1) is 16.8. The van der Waals surface area contributed by atoms with Crippen LogP contribution in [0.1, 0.15) is 24.8 Å². The molecule has 7 heteroatoms. The monoisotopic (exact) mass is 325 g/mol. The van der Waals surface area contributed by atoms with Gasteiger partial charge in [-0.1, -0.05) is 12.1 Å². The fourth-order valence-electron chi connectivity index (χ4n) is 2.70. The molecule has 0 aliphatic carbocycles. The van der Waals surface area contributed by atoms with Gasteiger partial charge in [-0.2, -0.15) is 0 Å². The van der Waals surface area contributed by atoms with Crippen LogP contribution in [-0.2, 0) is 21.2 Å². The Balaban J connectivity index is 2.00. The van der Waals surface area contributed by atoms with E-state index in [0.717, 1.165) is 31.1 Å². The van der Waals surface area contributed by atoms with Gasteiger partial charge in [0, 0.05) is 24.8 Å². The van der Waals surface area contributed by atoms with Gasteiger partial charge in [0.25, 0.3) is 0 Å². The molecule has 1 amide bonds. The molecule has 2 rings (SSSR count). The lowest BCUT2D eigenvalue weighted by molar-refractivity contribution is -0.133. The Bertz CT molecular complexity index is 613. The highest BCUT2D eigenvalue weighted by molar-refractivity contribution is 7.88. The van der Waals surface area contributed by atoms with Crippen LogP contribution in [0.25, 0.3) is 0 Å². The number of rotatable bonds is 5. The number of hydrogen-bond donors (Lipinski definition) is 2. The number of nitrogens with one attached hydrogen (secondary N) is 1. The number of carbonyl (C=O) groups is 1. The van der Waals surface area contributed by atoms with Gasteiger partial charge in [-0.05, 0) is 37.0 Å². The summed E-state index contributed by atoms with van der Waals surface area (Å²) in [5.74, 6) is 0.0322. The molecule has 22 heavy (non-hydrogen) atoms. The quantitative estimate of drug-likeness (QED) is 0.781. The zero-order chi connectivity index (χ0) is 16.2. The van der Waals surface area contributed by atoms with E-state index in [2.05, 4.69) is 4.72 Å². The number of amides is 1. The van der Waals surface area contributed by atoms with Crippen molar-refractivity contribution in [1.29, 1.82) is 0 Å². The van der Waals surface area contributed by atoms with Gasteiger partial charge in [0.2, 0.25) is 15.9 Å². The first-order valence-corrected chi connectivity index (χ1v) is 9.33. The lowest BCUT2D eigenvalue weighted by Gasteiger charge is -2.36. The molecular formula is C15H23N3O3S. The van der Waals surface area contributed by atoms with E-state index in [-0.39, 0.29) is 18.5 Å². The molecule has 122 valence electrons. The maximum Gasteiger partial charge on any atom is 0.227 e. The van der Waals surface area contributed by atoms with Crippen LogP contribution in [0.2, 0.25) is 0 Å². The number of benzene rings is 1. The summed E-state index contributed by atoms with van der Waals surface area (Å²) in [7, 11) is -3.24. The standard InChI is InChI=1S/C15H23N3O3S/c1-22(20,21)17-11-14-4-2-3-9-18(14)15(19)10-12-5-7-13(16)8-6-12/h5-8,14,17H,2-4,9-11,16H2,1H3. The van der Waals surface area contributed by atoms with Crippen LogP contribution < -0.4 is 10.5 Å². The maximum absolute atomic E-state index is 12.5. The highest BCUT2D eigenvalue weighted by Gasteiger charge is 2.27. The zero-order valence-electron chi connectivity index (χ0n) is 12.8. The third-order valence-corrected chi connectivity index (χ3v) is 4.55. The molecule has 1 aliphatic rings. The van der Waals surface area contributed by atoms with Gasteiger partial charge in [-0.3, -0.25) is 4.79 Å². The molecular weight excluding hydrogens is 302 g/mol. The molecule has 1 aliphatic heterocycles. The molecule has 1 aromatic rings. The van der Waals surface area contributed by atoms with Crippen molar-refractivity contribution < 1.29 is 13.2 Å². The number of likely N-dealkylation sites (tertiary alicyclic amines) is 1. The van der Waals surface area contributed by atoms with Gasteiger partial charge in [0.1, 0.15) is 0 Å². The largest absolute Gasteiger partial charge is 0.399 e. The number of hydrogen-bond acceptors (Lipinski definition) is 4. The normalized spacial score (nSPS) is 19.1. The molecule has 1 fully saturated rings. The van der Waals surface area contributed by atoms with Crippen molar-refractivity contribution in [3.8, 4) is 0 Å². The molecule has 1 unspecified atom stereocenters. The Morgan fingerprint density at radius 1 is 1.32 bits per heavy atom. The van der Waals surface area contributed by atoms with E-state index in [0.29, 0.717) is 18.7 Å². The Labute approximate surface area is 131 Å². The fourth-order valence-corrected chi connectivity index (χ4v) is 3.20. The molecule has 1 atom stereocenters. The Hall–Kier alpha value is -1.60. The topological polar surface area (TPSA) is 92.5 Å². The number of anilines is 1. The van der Waals surface area contributed by atoms with E-state index < -0.39 is 10.0 Å². The highest BCUT2D eigenvalue weighted by atomic mass is 32.2. The molecule has 1 heterocycles. The highest BCUT2D eigenvalue weighted by Crippen LogP contribution is 2.18. The summed E-state index contributed by atoms with van der Waals surface area (Å²) in [4.78, 5) is 14.3. The minimum atomic E-state index is -3.24. The average molecular weight is 325 g/mol. The first-order valence-electron chi connectivity index (χ1n) is 7.44. The average Bonchev–Trinajstić information content (AvgIpc) is 2.47. The number of nitrogens with zero attached hydrogens (tertiary/aromatic N) is 1. The van der Waals surface area contributed by atoms with Crippen molar-refractivity contribution >= 4 is 21.6 Å². The van der Waals surface area contributed by atoms with E-state index in [1.54, 1.807) is 17.0 Å². The third-order valence-electron chi connectivity index (χ3n) is 3.86. The van der Waals surface area contributed by atoms with Gasteiger partial charge < -0.3 is 10.6 Å². The van der Waals surface area contributed by atoms with Crippen LogP contribution in [0, 0.1) is 0 Å². The molecule has 0 saturated carbocycles. The van der Waals surface area contributed by atoms with Gasteiger partial charge >= 0.3 is 0 Å². The van der Waals surface area contributed by atoms with Crippen molar-refractivity contribution in [1.82, 2.24) is 9.62 Å². The number of carbonyl (C=O) groups excluding carboxylic acids is 1. The van der Waals surface area contributed by atoms with Crippen molar-refractivity contribution in [2.45, 2.75) is 31.7 Å². The summed E-state index contributed by atoms with van der Waals surface area (Å²) < 4.78 is 25.0. The molecule has 6 nitrogen and oxygen atoms in total. The molecule has 1 saturated heterocycles. The maximum atomic E-state index is 12.5. The zero-order valence-corrected chi connectivity index (χ0v) is 13.6. The lowest BCUT2D eigenvalue weighted by atomic mass is 10.0. The van der Waals surface area contributed by atoms with Crippen LogP contribution in [0.15, 0.2) is 24.3 Å². The second kappa shape index (κ2) is 7.11. The van der Waals surface area contributed by atoms with Crippen LogP contribution in [0.3, 0.4) is 0 Å². The summed E-state index contributed by atoms with van der Waals surface area (Å²) in [6.45, 7) is 0.968. The third kappa shape index (κ3) is 4.99. The summed E-state index contributed by atoms with van der Waals surface area (Å²) in [5, 5.41) is 0. The van der Waals surface area contributed by atoms with E-state index in [9.17, 15) is 13.2 Å². The Morgan fingerprint density at radius 3 is 2.64 bits per heavy atom. The smallest absolute Gasteiger partial charge is 0.227 e. The minimum absolute atomic E-state index is 0.0322. The fraction of sp³-hybridized carbons (Fsp3) is 0.533. The molecule has 0 radical (unpaired) electrons. The van der Waals surface area contributed by atoms with E-state index in [4.69, 9.17) is 5.73 Å². The predicted octanol–water partition coefficient (Wildman–Crippen LogP) is 0.742. The van der Waals surface area contributed by atoms with Crippen LogP contribution >= 0.6 is 0 Å². The van der Waals surface area contributed by atoms with Crippen LogP contribution in [0.5, 0.6) is 0 Å². The van der Waals surface area contributed by atoms with Gasteiger partial charge in [-0.25, -0.2) is 13.1 Å². The molecule has 1 aromatic carbocycles. The number of sulfonamides is 1. The SMILES string of the molecule is CS(=O)(=O)NCC1CCCCN1C(=O)Cc1ccc(N)cc1. The lowest BCUT2D eigenvalue weighted by Crippen LogP contribution is -2.49. The van der Waals surface area contributed by atoms with Crippen molar-refractivity contribution in [3.63, 3.8) is 0 Å². The van der Waals surface area contributed by atoms with Gasteiger partial charge in [0.05, 0.1) is 12.7 Å². The van der Waals surface area contributed by atoms with Crippen molar-refractivity contribution in [2.24, 2.45) is 0 Å². The molecule has 0 aromatic heterocycles. The van der Waals surface area contributed by atoms with Gasteiger partial charge in [-0.15, -0.1) is 0 Å². The molecule has 0 spiro atoms. The minimum Gasteiger partial charge on any atom is -0.399 e. The number of nitrogens with two attached hydrogens (primary N) is 1. The van der Waals surface area contributed by atoms with Crippen LogP contribution in [-0.4, -0.2) is 44.6 Å². The number of nitrogen functional groups attached to an aromatic ring is 1. The van der Waals surface area contributed by atoms with Crippen LogP contribution in [0.4, 0.5) is 5.69 Å². The first-order chi connectivity index (χ1) is 10.3. The van der Waals surface area contributed by atoms with Crippen molar-refractivity contribution in [2.75, 3.05) is 25.1 Å². The number of piperidine rings is 1. The summed E-state index contributed by atoms with van der Waals surface area (Å²) in [6.07, 6.45) is 4.26. The summed E-state index contributed by atoms with van der Waals surface area (Å²) >= 11 is 0. The molecule has 0 bridgehead atoms. The Morgan fingerprint density at radius 2 is 2.00 bits per heavy atom. The Kier molecular flexibility index (Phi) is 5.42. The van der Waals surface area contributed by atoms with Crippen molar-refractivity contribution in [3.05, 3.63) is 29.8 Å². The molecule has 3 N–H and O–H groups in total. The van der Waals surface area contributed by atoms with E-state index in [1.807, 2.05) is 12.1 Å².